The van der Waals surface area contributed by atoms with Gasteiger partial charge in [-0.15, -0.1) is 0 Å². The van der Waals surface area contributed by atoms with Crippen LogP contribution in [0.4, 0.5) is 10.5 Å². The van der Waals surface area contributed by atoms with E-state index in [1.807, 2.05) is 0 Å². The molecule has 0 heterocycles. The van der Waals surface area contributed by atoms with E-state index < -0.39 is 87.9 Å². The second-order valence-electron chi connectivity index (χ2n) is 8.92. The molecule has 4 rings (SSSR count). The van der Waals surface area contributed by atoms with Crippen molar-refractivity contribution in [2.24, 2.45) is 17.6 Å². The number of carbonyl (C=O) groups is 4. The Morgan fingerprint density at radius 1 is 1.28 bits per heavy atom. The van der Waals surface area contributed by atoms with E-state index in [4.69, 9.17) is 10.5 Å². The van der Waals surface area contributed by atoms with Crippen LogP contribution in [0, 0.1) is 11.8 Å². The van der Waals surface area contributed by atoms with Crippen LogP contribution in [0.5, 0.6) is 5.75 Å². The maximum Gasteiger partial charge on any atom is 0.412 e. The predicted molar refractivity (Wildman–Crippen MR) is 123 cm³/mol. The van der Waals surface area contributed by atoms with Crippen molar-refractivity contribution in [3.63, 3.8) is 0 Å². The molecule has 0 aliphatic heterocycles. The first-order valence-corrected chi connectivity index (χ1v) is 10.9. The summed E-state index contributed by atoms with van der Waals surface area (Å²) >= 11 is 0. The number of fused-ring (bicyclic) bond motifs is 3. The molecule has 8 N–H and O–H groups in total. The molecule has 3 aliphatic rings. The molecular formula is C24H24N2O10. The summed E-state index contributed by atoms with van der Waals surface area (Å²) in [5.74, 6) is -9.71. The van der Waals surface area contributed by atoms with Crippen molar-refractivity contribution in [2.75, 3.05) is 11.9 Å². The van der Waals surface area contributed by atoms with Gasteiger partial charge in [-0.2, -0.15) is 0 Å². The summed E-state index contributed by atoms with van der Waals surface area (Å²) in [5.41, 5.74) is 0.637. The maximum atomic E-state index is 13.6. The average Bonchev–Trinajstić information content (AvgIpc) is 2.81. The highest BCUT2D eigenvalue weighted by atomic mass is 16.5. The molecule has 1 aromatic carbocycles. The molecule has 190 valence electrons. The number of phenols is 1. The minimum atomic E-state index is -2.92. The fourth-order valence-electron chi connectivity index (χ4n) is 5.38. The summed E-state index contributed by atoms with van der Waals surface area (Å²) < 4.78 is 4.81. The third-order valence-corrected chi connectivity index (χ3v) is 7.07. The van der Waals surface area contributed by atoms with Gasteiger partial charge in [-0.3, -0.25) is 19.7 Å². The lowest BCUT2D eigenvalue weighted by atomic mass is 9.55. The monoisotopic (exact) mass is 500 g/mol. The van der Waals surface area contributed by atoms with Crippen molar-refractivity contribution in [1.82, 2.24) is 0 Å². The molecule has 0 spiro atoms. The van der Waals surface area contributed by atoms with Crippen molar-refractivity contribution in [2.45, 2.75) is 31.0 Å². The van der Waals surface area contributed by atoms with Crippen LogP contribution < -0.4 is 11.1 Å². The average molecular weight is 500 g/mol. The lowest BCUT2D eigenvalue weighted by Gasteiger charge is -2.50. The minimum absolute atomic E-state index is 0.107. The number of phenolic OH excluding ortho intramolecular Hbond substituents is 1. The van der Waals surface area contributed by atoms with Crippen LogP contribution >= 0.6 is 0 Å². The molecule has 1 fully saturated rings. The number of benzene rings is 1. The number of primary amides is 1. The van der Waals surface area contributed by atoms with Crippen molar-refractivity contribution in [3.8, 4) is 5.75 Å². The number of aliphatic hydroxyl groups excluding tert-OH is 3. The Kier molecular flexibility index (Phi) is 5.89. The zero-order valence-electron chi connectivity index (χ0n) is 19.0. The fraction of sp³-hybridized carbons (Fsp3) is 0.333. The topological polar surface area (TPSA) is 217 Å². The van der Waals surface area contributed by atoms with Gasteiger partial charge in [-0.1, -0.05) is 25.6 Å². The zero-order valence-corrected chi connectivity index (χ0v) is 19.0. The molecule has 3 aliphatic carbocycles. The van der Waals surface area contributed by atoms with E-state index in [-0.39, 0.29) is 17.9 Å². The first-order valence-electron chi connectivity index (χ1n) is 10.9. The Labute approximate surface area is 204 Å². The summed E-state index contributed by atoms with van der Waals surface area (Å²) in [5, 5.41) is 57.3. The number of anilines is 1. The highest BCUT2D eigenvalue weighted by Gasteiger charge is 2.64. The summed E-state index contributed by atoms with van der Waals surface area (Å²) in [6.07, 6.45) is -1.88. The minimum Gasteiger partial charge on any atom is -0.508 e. The molecule has 0 radical (unpaired) electrons. The second kappa shape index (κ2) is 8.50. The first kappa shape index (κ1) is 24.9. The molecule has 12 heteroatoms. The normalized spacial score (nSPS) is 29.2. The van der Waals surface area contributed by atoms with Gasteiger partial charge in [-0.25, -0.2) is 4.79 Å². The molecule has 2 amide bonds. The van der Waals surface area contributed by atoms with Gasteiger partial charge in [0.2, 0.25) is 5.78 Å². The van der Waals surface area contributed by atoms with Gasteiger partial charge in [0.15, 0.2) is 11.4 Å². The number of ether oxygens (including phenoxy) is 1. The number of amides is 2. The summed E-state index contributed by atoms with van der Waals surface area (Å²) in [7, 11) is 0. The Hall–Kier alpha value is -4.16. The van der Waals surface area contributed by atoms with Crippen LogP contribution in [0.15, 0.2) is 41.7 Å². The molecule has 5 atom stereocenters. The van der Waals surface area contributed by atoms with E-state index in [0.717, 1.165) is 0 Å². The number of aromatic hydroxyl groups is 1. The highest BCUT2D eigenvalue weighted by Crippen LogP contribution is 2.56. The van der Waals surface area contributed by atoms with Gasteiger partial charge in [0.1, 0.15) is 29.4 Å². The number of hydrogen-bond donors (Lipinski definition) is 7. The van der Waals surface area contributed by atoms with E-state index in [1.165, 1.54) is 18.2 Å². The number of Topliss-reactive ketones (excluding diaryl/α,β-unsaturated/α-hetero) is 2. The van der Waals surface area contributed by atoms with Crippen molar-refractivity contribution in [3.05, 3.63) is 52.8 Å². The largest absolute Gasteiger partial charge is 0.508 e. The smallest absolute Gasteiger partial charge is 0.412 e. The molecule has 12 nitrogen and oxygen atoms in total. The fourth-order valence-corrected chi connectivity index (χ4v) is 5.38. The van der Waals surface area contributed by atoms with Gasteiger partial charge in [0.05, 0.1) is 17.4 Å². The van der Waals surface area contributed by atoms with Gasteiger partial charge in [0, 0.05) is 23.8 Å². The maximum absolute atomic E-state index is 13.6. The number of carbonyl (C=O) groups excluding carboxylic acids is 4. The van der Waals surface area contributed by atoms with Crippen LogP contribution in [0.3, 0.4) is 0 Å². The van der Waals surface area contributed by atoms with E-state index in [1.54, 1.807) is 6.92 Å². The number of rotatable bonds is 4. The Morgan fingerprint density at radius 3 is 2.56 bits per heavy atom. The number of nitrogens with two attached hydrogens (primary N) is 1. The molecule has 0 saturated heterocycles. The van der Waals surface area contributed by atoms with Crippen molar-refractivity contribution < 1.29 is 49.4 Å². The van der Waals surface area contributed by atoms with E-state index in [2.05, 4.69) is 11.9 Å². The zero-order chi connectivity index (χ0) is 26.7. The standard InChI is InChI=1S/C24H24N2O10/c1-3-6-36-23(34)26-11-5-4-9-8(2)13-16(19(30)14(9)18(11)29)21(32)24(35)10(17(13)28)7-12(27)15(20(24)31)22(25)33/h3-5,8,10,13,17,28-31,35H,1,6-7H2,2H3,(H2,25,33)(H,26,34). The van der Waals surface area contributed by atoms with Crippen LogP contribution in [0.25, 0.3) is 5.76 Å². The molecule has 0 bridgehead atoms. The number of hydrogen-bond acceptors (Lipinski definition) is 10. The molecule has 5 unspecified atom stereocenters. The lowest BCUT2D eigenvalue weighted by molar-refractivity contribution is -0.160. The second-order valence-corrected chi connectivity index (χ2v) is 8.92. The molecule has 0 aromatic heterocycles. The highest BCUT2D eigenvalue weighted by molar-refractivity contribution is 6.23. The van der Waals surface area contributed by atoms with E-state index in [0.29, 0.717) is 5.56 Å². The van der Waals surface area contributed by atoms with Crippen LogP contribution in [0.2, 0.25) is 0 Å². The lowest BCUT2D eigenvalue weighted by Crippen LogP contribution is -2.63. The number of aliphatic hydroxyl groups is 4. The Morgan fingerprint density at radius 2 is 1.94 bits per heavy atom. The molecule has 1 aromatic rings. The molecule has 1 saturated carbocycles. The number of ketones is 2. The van der Waals surface area contributed by atoms with Gasteiger partial charge >= 0.3 is 6.09 Å². The third-order valence-electron chi connectivity index (χ3n) is 7.07. The van der Waals surface area contributed by atoms with Gasteiger partial charge < -0.3 is 36.0 Å². The Balaban J connectivity index is 1.89. The van der Waals surface area contributed by atoms with E-state index >= 15 is 0 Å². The predicted octanol–water partition coefficient (Wildman–Crippen LogP) is 0.690. The third kappa shape index (κ3) is 3.29. The first-order chi connectivity index (χ1) is 16.9. The van der Waals surface area contributed by atoms with Gasteiger partial charge in [0.25, 0.3) is 5.91 Å². The summed E-state index contributed by atoms with van der Waals surface area (Å²) in [4.78, 5) is 49.7. The van der Waals surface area contributed by atoms with E-state index in [9.17, 15) is 44.7 Å². The quantitative estimate of drug-likeness (QED) is 0.174. The SMILES string of the molecule is C=CCOC(=O)Nc1ccc2c(c1O)C(O)=C1C(=O)C3(O)C(O)=C(C(N)=O)C(=O)CC3C(O)C1C2C. The van der Waals surface area contributed by atoms with Crippen LogP contribution in [0.1, 0.15) is 30.4 Å². The van der Waals surface area contributed by atoms with Crippen molar-refractivity contribution >= 4 is 35.0 Å². The molecular weight excluding hydrogens is 476 g/mol. The summed E-state index contributed by atoms with van der Waals surface area (Å²) in [6.45, 7) is 4.90. The van der Waals surface area contributed by atoms with Crippen molar-refractivity contribution in [1.29, 1.82) is 0 Å². The number of nitrogens with one attached hydrogen (secondary N) is 1. The van der Waals surface area contributed by atoms with Gasteiger partial charge in [-0.05, 0) is 17.5 Å². The van der Waals surface area contributed by atoms with Crippen LogP contribution in [-0.4, -0.2) is 67.4 Å². The summed E-state index contributed by atoms with van der Waals surface area (Å²) in [6, 6.07) is 2.80. The Bertz CT molecular complexity index is 1300. The van der Waals surface area contributed by atoms with Crippen LogP contribution in [-0.2, 0) is 19.1 Å². The molecule has 36 heavy (non-hydrogen) atoms.